The standard InChI is InChI=1S/C20H26N2S2/c1-7-11-22(6)21-20(15(8-2)9-3)17(10-4)16-12-18(23)14(5)19(24)13-16/h8-10,12-13,23-24H,2,4-5,7,11H2,1,3,6H3/b15-9+,21-20-. The molecule has 0 unspecified atom stereocenters. The fraction of sp³-hybridized carbons (Fsp3) is 0.250. The molecule has 1 rings (SSSR count). The topological polar surface area (TPSA) is 15.6 Å². The zero-order valence-electron chi connectivity index (χ0n) is 14.7. The summed E-state index contributed by atoms with van der Waals surface area (Å²) in [5, 5.41) is 8.48. The fourth-order valence-electron chi connectivity index (χ4n) is 2.31. The van der Waals surface area contributed by atoms with Crippen LogP contribution in [0.2, 0.25) is 0 Å². The molecule has 0 heterocycles. The minimum Gasteiger partial charge on any atom is -0.300 e. The Morgan fingerprint density at radius 3 is 2.21 bits per heavy atom. The molecule has 4 heteroatoms. The Hall–Kier alpha value is -1.65. The van der Waals surface area contributed by atoms with Crippen LogP contribution in [0, 0.1) is 0 Å². The van der Waals surface area contributed by atoms with E-state index in [1.165, 1.54) is 0 Å². The van der Waals surface area contributed by atoms with E-state index in [-0.39, 0.29) is 0 Å². The second kappa shape index (κ2) is 9.60. The van der Waals surface area contributed by atoms with Crippen molar-refractivity contribution < 1.29 is 0 Å². The van der Waals surface area contributed by atoms with E-state index in [1.54, 1.807) is 6.08 Å². The smallest absolute Gasteiger partial charge is 0.0978 e. The zero-order chi connectivity index (χ0) is 18.3. The van der Waals surface area contributed by atoms with Gasteiger partial charge in [0, 0.05) is 29.0 Å². The Bertz CT molecular complexity index is 759. The molecule has 24 heavy (non-hydrogen) atoms. The van der Waals surface area contributed by atoms with Crippen molar-refractivity contribution in [3.63, 3.8) is 0 Å². The number of nitrogens with zero attached hydrogens (tertiary/aromatic N) is 2. The Kier molecular flexibility index (Phi) is 8.16. The number of rotatable bonds is 7. The third kappa shape index (κ3) is 4.92. The Morgan fingerprint density at radius 2 is 1.79 bits per heavy atom. The van der Waals surface area contributed by atoms with E-state index >= 15 is 0 Å². The second-order valence-electron chi connectivity index (χ2n) is 5.39. The predicted octanol–water partition coefficient (Wildman–Crippen LogP) is 3.84. The van der Waals surface area contributed by atoms with Crippen LogP contribution in [0.15, 0.2) is 64.0 Å². The van der Waals surface area contributed by atoms with Crippen molar-refractivity contribution in [1.29, 1.82) is 0 Å². The van der Waals surface area contributed by atoms with Gasteiger partial charge in [-0.25, -0.2) is 0 Å². The highest BCUT2D eigenvalue weighted by Crippen LogP contribution is 2.13. The molecule has 0 aliphatic rings. The van der Waals surface area contributed by atoms with Gasteiger partial charge < -0.3 is 0 Å². The van der Waals surface area contributed by atoms with Crippen LogP contribution in [-0.2, 0) is 0 Å². The van der Waals surface area contributed by atoms with E-state index in [2.05, 4.69) is 51.9 Å². The summed E-state index contributed by atoms with van der Waals surface area (Å²) in [5.74, 6) is 0. The molecule has 0 aliphatic heterocycles. The van der Waals surface area contributed by atoms with Crippen molar-refractivity contribution in [2.24, 2.45) is 5.10 Å². The van der Waals surface area contributed by atoms with Gasteiger partial charge in [0.2, 0.25) is 0 Å². The molecule has 2 nitrogen and oxygen atoms in total. The molecule has 0 spiro atoms. The van der Waals surface area contributed by atoms with Crippen LogP contribution >= 0.6 is 25.3 Å². The summed E-state index contributed by atoms with van der Waals surface area (Å²) >= 11 is 8.99. The average molecular weight is 359 g/mol. The number of hydrogen-bond acceptors (Lipinski definition) is 4. The average Bonchev–Trinajstić information content (AvgIpc) is 2.54. The van der Waals surface area contributed by atoms with Crippen LogP contribution in [0.5, 0.6) is 0 Å². The van der Waals surface area contributed by atoms with E-state index in [4.69, 9.17) is 5.10 Å². The lowest BCUT2D eigenvalue weighted by Gasteiger charge is -2.17. The van der Waals surface area contributed by atoms with Gasteiger partial charge >= 0.3 is 0 Å². The molecule has 1 aromatic rings. The molecule has 0 bridgehead atoms. The molecule has 0 amide bonds. The summed E-state index contributed by atoms with van der Waals surface area (Å²) in [4.78, 5) is 1.58. The summed E-state index contributed by atoms with van der Waals surface area (Å²) in [7, 11) is 1.97. The van der Waals surface area contributed by atoms with Gasteiger partial charge in [-0.05, 0) is 41.5 Å². The molecule has 1 aromatic carbocycles. The monoisotopic (exact) mass is 358 g/mol. The number of thiol groups is 2. The zero-order valence-corrected chi connectivity index (χ0v) is 16.5. The SMILES string of the molecule is C=CC(C(=N\N(C)CCC)/C(C=C)=C/C)=c1cc(S)c(=C)c(S)c1. The van der Waals surface area contributed by atoms with Gasteiger partial charge in [-0.3, -0.25) is 5.01 Å². The van der Waals surface area contributed by atoms with Gasteiger partial charge in [0.1, 0.15) is 0 Å². The fourth-order valence-corrected chi connectivity index (χ4v) is 2.92. The maximum absolute atomic E-state index is 4.77. The summed E-state index contributed by atoms with van der Waals surface area (Å²) in [6.45, 7) is 16.8. The highest BCUT2D eigenvalue weighted by Gasteiger charge is 2.11. The van der Waals surface area contributed by atoms with Crippen molar-refractivity contribution in [3.05, 3.63) is 59.5 Å². The first-order valence-corrected chi connectivity index (χ1v) is 8.75. The Labute approximate surface area is 156 Å². The molecular formula is C20H26N2S2. The van der Waals surface area contributed by atoms with E-state index < -0.39 is 0 Å². The van der Waals surface area contributed by atoms with Gasteiger partial charge in [-0.1, -0.05) is 44.9 Å². The minimum atomic E-state index is 0.791. The maximum atomic E-state index is 4.77. The van der Waals surface area contributed by atoms with Crippen LogP contribution in [0.3, 0.4) is 0 Å². The lowest BCUT2D eigenvalue weighted by Crippen LogP contribution is -2.21. The van der Waals surface area contributed by atoms with E-state index in [0.717, 1.165) is 50.1 Å². The molecule has 0 N–H and O–H groups in total. The summed E-state index contributed by atoms with van der Waals surface area (Å²) in [6, 6.07) is 3.93. The van der Waals surface area contributed by atoms with Crippen LogP contribution in [-0.4, -0.2) is 24.3 Å². The number of hydrazone groups is 1. The van der Waals surface area contributed by atoms with Gasteiger partial charge in [0.25, 0.3) is 0 Å². The predicted molar refractivity (Wildman–Crippen MR) is 114 cm³/mol. The van der Waals surface area contributed by atoms with Crippen LogP contribution in [0.25, 0.3) is 12.2 Å². The van der Waals surface area contributed by atoms with Crippen molar-refractivity contribution >= 4 is 43.1 Å². The number of hydrogen-bond donors (Lipinski definition) is 2. The molecule has 0 fully saturated rings. The van der Waals surface area contributed by atoms with Gasteiger partial charge in [-0.15, -0.1) is 25.3 Å². The third-order valence-corrected chi connectivity index (χ3v) is 4.39. The molecule has 128 valence electrons. The number of benzene rings is 1. The lowest BCUT2D eigenvalue weighted by molar-refractivity contribution is 0.355. The highest BCUT2D eigenvalue weighted by atomic mass is 32.1. The normalized spacial score (nSPS) is 12.0. The molecular weight excluding hydrogens is 332 g/mol. The first-order chi connectivity index (χ1) is 11.4. The number of allylic oxidation sites excluding steroid dienone is 4. The maximum Gasteiger partial charge on any atom is 0.0978 e. The Morgan fingerprint density at radius 1 is 1.21 bits per heavy atom. The van der Waals surface area contributed by atoms with Crippen molar-refractivity contribution in [3.8, 4) is 0 Å². The van der Waals surface area contributed by atoms with Crippen molar-refractivity contribution in [2.45, 2.75) is 30.1 Å². The molecule has 0 radical (unpaired) electrons. The van der Waals surface area contributed by atoms with Crippen LogP contribution in [0.1, 0.15) is 20.3 Å². The van der Waals surface area contributed by atoms with E-state index in [1.807, 2.05) is 43.3 Å². The first kappa shape index (κ1) is 20.4. The van der Waals surface area contributed by atoms with Crippen LogP contribution in [0.4, 0.5) is 0 Å². The summed E-state index contributed by atoms with van der Waals surface area (Å²) < 4.78 is 0. The molecule has 0 atom stereocenters. The third-order valence-electron chi connectivity index (χ3n) is 3.60. The first-order valence-electron chi connectivity index (χ1n) is 7.86. The summed E-state index contributed by atoms with van der Waals surface area (Å²) in [6.07, 6.45) is 6.63. The Balaban J connectivity index is 3.77. The van der Waals surface area contributed by atoms with Gasteiger partial charge in [0.15, 0.2) is 0 Å². The lowest BCUT2D eigenvalue weighted by atomic mass is 9.99. The molecule has 0 saturated heterocycles. The molecule has 0 aliphatic carbocycles. The quantitative estimate of drug-likeness (QED) is 0.327. The largest absolute Gasteiger partial charge is 0.300 e. The van der Waals surface area contributed by atoms with E-state index in [0.29, 0.717) is 0 Å². The van der Waals surface area contributed by atoms with Crippen LogP contribution < -0.4 is 10.4 Å². The molecule has 0 aromatic heterocycles. The van der Waals surface area contributed by atoms with Crippen molar-refractivity contribution in [1.82, 2.24) is 5.01 Å². The second-order valence-corrected chi connectivity index (χ2v) is 6.35. The van der Waals surface area contributed by atoms with Crippen molar-refractivity contribution in [2.75, 3.05) is 13.6 Å². The summed E-state index contributed by atoms with van der Waals surface area (Å²) in [5.41, 5.74) is 2.69. The van der Waals surface area contributed by atoms with E-state index in [9.17, 15) is 0 Å². The van der Waals surface area contributed by atoms with Gasteiger partial charge in [0.05, 0.1) is 5.71 Å². The minimum absolute atomic E-state index is 0.791. The van der Waals surface area contributed by atoms with Gasteiger partial charge in [-0.2, -0.15) is 5.10 Å². The highest BCUT2D eigenvalue weighted by molar-refractivity contribution is 7.81. The molecule has 0 saturated carbocycles.